The molecule has 1 aromatic rings. The predicted molar refractivity (Wildman–Crippen MR) is 52.4 cm³/mol. The average molecular weight is 227 g/mol. The lowest BCUT2D eigenvalue weighted by Gasteiger charge is -2.03. The fraction of sp³-hybridized carbons (Fsp3) is 0.333. The largest absolute Gasteiger partial charge is 0.463 e. The first-order valence-corrected chi connectivity index (χ1v) is 4.27. The quantitative estimate of drug-likeness (QED) is 0.423. The average Bonchev–Trinajstić information content (AvgIpc) is 2.22. The molecule has 16 heavy (non-hydrogen) atoms. The first-order chi connectivity index (χ1) is 7.40. The van der Waals surface area contributed by atoms with Gasteiger partial charge in [-0.1, -0.05) is 0 Å². The van der Waals surface area contributed by atoms with Crippen molar-refractivity contribution in [3.63, 3.8) is 0 Å². The normalized spacial score (nSPS) is 9.94. The Morgan fingerprint density at radius 3 is 2.44 bits per heavy atom. The molecule has 86 valence electrons. The van der Waals surface area contributed by atoms with Crippen molar-refractivity contribution in [2.75, 3.05) is 7.11 Å². The van der Waals surface area contributed by atoms with Crippen LogP contribution >= 0.6 is 0 Å². The van der Waals surface area contributed by atoms with Crippen LogP contribution in [0.1, 0.15) is 21.9 Å². The molecule has 0 spiro atoms. The number of nitro groups is 1. The maximum atomic E-state index is 11.6. The number of aryl methyl sites for hydroxylation is 1. The van der Waals surface area contributed by atoms with E-state index in [1.165, 1.54) is 13.8 Å². The van der Waals surface area contributed by atoms with Gasteiger partial charge in [-0.05, 0) is 6.92 Å². The fourth-order valence-corrected chi connectivity index (χ4v) is 1.22. The highest BCUT2D eigenvalue weighted by molar-refractivity contribution is 5.87. The Morgan fingerprint density at radius 1 is 1.44 bits per heavy atom. The van der Waals surface area contributed by atoms with Crippen molar-refractivity contribution in [2.45, 2.75) is 13.8 Å². The monoisotopic (exact) mass is 227 g/mol. The first-order valence-electron chi connectivity index (χ1n) is 4.27. The zero-order chi connectivity index (χ0) is 12.5. The number of esters is 1. The number of methoxy groups -OCH3 is 1. The number of carbonyl (C=O) groups excluding carboxylic acids is 1. The molecule has 0 amide bonds. The fourth-order valence-electron chi connectivity index (χ4n) is 1.22. The number of hydrogen-bond donors (Lipinski definition) is 0. The van der Waals surface area contributed by atoms with E-state index >= 15 is 0 Å². The molecule has 0 unspecified atom stereocenters. The summed E-state index contributed by atoms with van der Waals surface area (Å²) in [6.45, 7) is 2.51. The molecular formula is C9H9NO6. The van der Waals surface area contributed by atoms with Gasteiger partial charge >= 0.3 is 11.7 Å². The summed E-state index contributed by atoms with van der Waals surface area (Å²) in [7, 11) is 1.12. The Labute approximate surface area is 89.8 Å². The molecule has 0 saturated carbocycles. The third-order valence-electron chi connectivity index (χ3n) is 2.04. The molecule has 0 fully saturated rings. The highest BCUT2D eigenvalue weighted by Crippen LogP contribution is 2.17. The second-order valence-electron chi connectivity index (χ2n) is 3.04. The van der Waals surface area contributed by atoms with Gasteiger partial charge in [0.2, 0.25) is 5.76 Å². The molecule has 1 heterocycles. The third kappa shape index (κ3) is 1.79. The summed E-state index contributed by atoms with van der Waals surface area (Å²) in [5, 5.41) is 10.6. The minimum Gasteiger partial charge on any atom is -0.463 e. The maximum absolute atomic E-state index is 11.6. The van der Waals surface area contributed by atoms with E-state index in [1.807, 2.05) is 0 Å². The summed E-state index contributed by atoms with van der Waals surface area (Å²) in [5.74, 6) is -1.37. The van der Waals surface area contributed by atoms with Crippen molar-refractivity contribution >= 4 is 11.7 Å². The van der Waals surface area contributed by atoms with E-state index in [-0.39, 0.29) is 17.1 Å². The second kappa shape index (κ2) is 4.13. The van der Waals surface area contributed by atoms with Crippen LogP contribution < -0.4 is 5.43 Å². The van der Waals surface area contributed by atoms with Gasteiger partial charge in [-0.15, -0.1) is 0 Å². The van der Waals surface area contributed by atoms with Crippen LogP contribution in [-0.4, -0.2) is 18.0 Å². The van der Waals surface area contributed by atoms with E-state index in [9.17, 15) is 19.7 Å². The highest BCUT2D eigenvalue weighted by atomic mass is 16.6. The summed E-state index contributed by atoms with van der Waals surface area (Å²) >= 11 is 0. The standard InChI is InChI=1S/C9H9NO6/c1-4-7(11)6(10(13)14)5(2)16-8(4)9(12)15-3/h1-3H3. The van der Waals surface area contributed by atoms with E-state index in [0.29, 0.717) is 0 Å². The molecule has 0 N–H and O–H groups in total. The van der Waals surface area contributed by atoms with Crippen molar-refractivity contribution < 1.29 is 18.9 Å². The van der Waals surface area contributed by atoms with Crippen molar-refractivity contribution in [1.29, 1.82) is 0 Å². The lowest BCUT2D eigenvalue weighted by atomic mass is 10.2. The van der Waals surface area contributed by atoms with Gasteiger partial charge in [0.1, 0.15) is 0 Å². The van der Waals surface area contributed by atoms with Gasteiger partial charge in [-0.3, -0.25) is 14.9 Å². The highest BCUT2D eigenvalue weighted by Gasteiger charge is 2.26. The van der Waals surface area contributed by atoms with E-state index in [2.05, 4.69) is 4.74 Å². The van der Waals surface area contributed by atoms with Crippen LogP contribution in [0.2, 0.25) is 0 Å². The lowest BCUT2D eigenvalue weighted by Crippen LogP contribution is -2.18. The van der Waals surface area contributed by atoms with Crippen LogP contribution in [0.25, 0.3) is 0 Å². The minimum atomic E-state index is -0.840. The van der Waals surface area contributed by atoms with Crippen molar-refractivity contribution in [1.82, 2.24) is 0 Å². The van der Waals surface area contributed by atoms with Crippen LogP contribution in [-0.2, 0) is 4.74 Å². The van der Waals surface area contributed by atoms with Gasteiger partial charge in [0.25, 0.3) is 5.43 Å². The smallest absolute Gasteiger partial charge is 0.374 e. The van der Waals surface area contributed by atoms with Crippen LogP contribution in [0.4, 0.5) is 5.69 Å². The Hall–Kier alpha value is -2.18. The Bertz CT molecular complexity index is 515. The van der Waals surface area contributed by atoms with E-state index in [0.717, 1.165) is 7.11 Å². The van der Waals surface area contributed by atoms with Crippen LogP contribution in [0.15, 0.2) is 9.21 Å². The Kier molecular flexibility index (Phi) is 3.07. The van der Waals surface area contributed by atoms with Gasteiger partial charge in [0.15, 0.2) is 5.76 Å². The Balaban J connectivity index is 3.58. The Morgan fingerprint density at radius 2 is 2.00 bits per heavy atom. The van der Waals surface area contributed by atoms with Crippen LogP contribution in [0.3, 0.4) is 0 Å². The predicted octanol–water partition coefficient (Wildman–Crippen LogP) is 0.951. The number of hydrogen-bond acceptors (Lipinski definition) is 6. The summed E-state index contributed by atoms with van der Waals surface area (Å²) < 4.78 is 9.30. The molecule has 0 aliphatic heterocycles. The summed E-state index contributed by atoms with van der Waals surface area (Å²) in [5.41, 5.74) is -1.64. The van der Waals surface area contributed by atoms with Gasteiger partial charge in [-0.25, -0.2) is 4.79 Å². The van der Waals surface area contributed by atoms with E-state index in [4.69, 9.17) is 4.42 Å². The molecule has 0 aliphatic rings. The molecule has 0 bridgehead atoms. The molecule has 1 aromatic heterocycles. The summed E-state index contributed by atoms with van der Waals surface area (Å²) in [4.78, 5) is 32.5. The number of rotatable bonds is 2. The molecule has 0 aliphatic carbocycles. The minimum absolute atomic E-state index is 0.135. The van der Waals surface area contributed by atoms with E-state index in [1.54, 1.807) is 0 Å². The first kappa shape index (κ1) is 11.9. The second-order valence-corrected chi connectivity index (χ2v) is 3.04. The van der Waals surface area contributed by atoms with E-state index < -0.39 is 22.0 Å². The molecular weight excluding hydrogens is 218 g/mol. The zero-order valence-electron chi connectivity index (χ0n) is 8.90. The molecule has 7 nitrogen and oxygen atoms in total. The summed E-state index contributed by atoms with van der Waals surface area (Å²) in [6.07, 6.45) is 0. The topological polar surface area (TPSA) is 99.7 Å². The van der Waals surface area contributed by atoms with Crippen molar-refractivity contribution in [2.24, 2.45) is 0 Å². The summed E-state index contributed by atoms with van der Waals surface area (Å²) in [6, 6.07) is 0. The maximum Gasteiger partial charge on any atom is 0.374 e. The molecule has 1 rings (SSSR count). The molecule has 0 saturated heterocycles. The lowest BCUT2D eigenvalue weighted by molar-refractivity contribution is -0.387. The van der Waals surface area contributed by atoms with Gasteiger partial charge < -0.3 is 9.15 Å². The van der Waals surface area contributed by atoms with Gasteiger partial charge in [0.05, 0.1) is 17.6 Å². The SMILES string of the molecule is COC(=O)c1oc(C)c([N+](=O)[O-])c(=O)c1C. The van der Waals surface area contributed by atoms with Gasteiger partial charge in [0, 0.05) is 6.92 Å². The van der Waals surface area contributed by atoms with Crippen LogP contribution in [0, 0.1) is 24.0 Å². The molecule has 0 radical (unpaired) electrons. The number of nitrogens with zero attached hydrogens (tertiary/aromatic N) is 1. The van der Waals surface area contributed by atoms with Crippen LogP contribution in [0.5, 0.6) is 0 Å². The molecule has 0 aromatic carbocycles. The number of carbonyl (C=O) groups is 1. The third-order valence-corrected chi connectivity index (χ3v) is 2.04. The molecule has 7 heteroatoms. The van der Waals surface area contributed by atoms with Crippen molar-refractivity contribution in [3.8, 4) is 0 Å². The zero-order valence-corrected chi connectivity index (χ0v) is 8.90. The van der Waals surface area contributed by atoms with Gasteiger partial charge in [-0.2, -0.15) is 0 Å². The van der Waals surface area contributed by atoms with Crippen molar-refractivity contribution in [3.05, 3.63) is 37.4 Å². The number of ether oxygens (including phenoxy) is 1. The molecule has 0 atom stereocenters.